The van der Waals surface area contributed by atoms with E-state index in [1.807, 2.05) is 49.6 Å². The highest BCUT2D eigenvalue weighted by molar-refractivity contribution is 8.00. The predicted molar refractivity (Wildman–Crippen MR) is 110 cm³/mol. The number of hydrogen-bond donors (Lipinski definition) is 1. The minimum Gasteiger partial charge on any atom is -0.382 e. The molecule has 146 valence electrons. The number of aromatic nitrogens is 1. The first-order chi connectivity index (χ1) is 13.1. The highest BCUT2D eigenvalue weighted by atomic mass is 32.2. The van der Waals surface area contributed by atoms with Crippen LogP contribution >= 0.6 is 23.1 Å². The third-order valence-electron chi connectivity index (χ3n) is 3.58. The minimum atomic E-state index is -0.237. The van der Waals surface area contributed by atoms with E-state index in [1.54, 1.807) is 4.90 Å². The van der Waals surface area contributed by atoms with Crippen LogP contribution in [0.5, 0.6) is 0 Å². The third-order valence-corrected chi connectivity index (χ3v) is 5.45. The Bertz CT molecular complexity index is 722. The van der Waals surface area contributed by atoms with E-state index in [9.17, 15) is 9.59 Å². The van der Waals surface area contributed by atoms with Gasteiger partial charge in [0.1, 0.15) is 0 Å². The molecule has 0 fully saturated rings. The first-order valence-corrected chi connectivity index (χ1v) is 10.7. The number of anilines is 1. The number of amides is 2. The second-order valence-corrected chi connectivity index (χ2v) is 7.72. The van der Waals surface area contributed by atoms with Gasteiger partial charge in [0.15, 0.2) is 5.13 Å². The Morgan fingerprint density at radius 3 is 2.74 bits per heavy atom. The number of nitrogens with zero attached hydrogens (tertiary/aromatic N) is 2. The highest BCUT2D eigenvalue weighted by Crippen LogP contribution is 2.18. The van der Waals surface area contributed by atoms with Crippen LogP contribution in [0, 0.1) is 6.92 Å². The summed E-state index contributed by atoms with van der Waals surface area (Å²) in [7, 11) is 0. The van der Waals surface area contributed by atoms with Gasteiger partial charge >= 0.3 is 0 Å². The lowest BCUT2D eigenvalue weighted by atomic mass is 10.3. The molecule has 0 bridgehead atoms. The fourth-order valence-corrected chi connectivity index (χ4v) is 3.82. The average Bonchev–Trinajstić information content (AvgIpc) is 3.07. The lowest BCUT2D eigenvalue weighted by molar-refractivity contribution is -0.132. The molecule has 0 spiro atoms. The molecule has 8 heteroatoms. The lowest BCUT2D eigenvalue weighted by Crippen LogP contribution is -2.40. The maximum absolute atomic E-state index is 12.6. The summed E-state index contributed by atoms with van der Waals surface area (Å²) in [6.45, 7) is 5.51. The second kappa shape index (κ2) is 11.7. The molecule has 1 N–H and O–H groups in total. The van der Waals surface area contributed by atoms with Crippen LogP contribution in [0.15, 0.2) is 40.6 Å². The molecule has 0 saturated heterocycles. The van der Waals surface area contributed by atoms with Gasteiger partial charge in [-0.25, -0.2) is 4.98 Å². The molecular formula is C19H25N3O3S2. The van der Waals surface area contributed by atoms with Crippen molar-refractivity contribution in [3.8, 4) is 0 Å². The lowest BCUT2D eigenvalue weighted by Gasteiger charge is -2.22. The molecule has 0 radical (unpaired) electrons. The fourth-order valence-electron chi connectivity index (χ4n) is 2.29. The number of thiazole rings is 1. The fraction of sp³-hybridized carbons (Fsp3) is 0.421. The number of benzene rings is 1. The first kappa shape index (κ1) is 21.4. The largest absolute Gasteiger partial charge is 0.382 e. The van der Waals surface area contributed by atoms with Gasteiger partial charge in [-0.3, -0.25) is 9.59 Å². The maximum atomic E-state index is 12.6. The average molecular weight is 408 g/mol. The number of carbonyl (C=O) groups excluding carboxylic acids is 2. The molecular weight excluding hydrogens is 382 g/mol. The molecule has 1 aromatic carbocycles. The summed E-state index contributed by atoms with van der Waals surface area (Å²) in [6.07, 6.45) is 0.694. The Labute approximate surface area is 168 Å². The van der Waals surface area contributed by atoms with Crippen LogP contribution in [-0.4, -0.2) is 53.8 Å². The molecule has 1 heterocycles. The summed E-state index contributed by atoms with van der Waals surface area (Å²) in [5.74, 6) is -0.00732. The number of hydrogen-bond acceptors (Lipinski definition) is 6. The minimum absolute atomic E-state index is 0.0128. The standard InChI is InChI=1S/C19H25N3O3S2/c1-3-25-11-7-10-22(12-17(23)21-19-20-15(2)13-27-19)18(24)14-26-16-8-5-4-6-9-16/h4-6,8-9,13H,3,7,10-12,14H2,1-2H3,(H,20,21,23). The molecule has 0 unspecified atom stereocenters. The molecule has 1 aromatic heterocycles. The van der Waals surface area contributed by atoms with E-state index in [1.165, 1.54) is 23.1 Å². The quantitative estimate of drug-likeness (QED) is 0.456. The van der Waals surface area contributed by atoms with Gasteiger partial charge < -0.3 is 15.0 Å². The van der Waals surface area contributed by atoms with Crippen LogP contribution in [0.1, 0.15) is 19.0 Å². The molecule has 0 atom stereocenters. The van der Waals surface area contributed by atoms with Gasteiger partial charge in [-0.05, 0) is 32.4 Å². The summed E-state index contributed by atoms with van der Waals surface area (Å²) in [5, 5.41) is 5.19. The summed E-state index contributed by atoms with van der Waals surface area (Å²) in [6, 6.07) is 9.76. The number of aryl methyl sites for hydroxylation is 1. The Morgan fingerprint density at radius 1 is 1.30 bits per heavy atom. The Hall–Kier alpha value is -1.90. The van der Waals surface area contributed by atoms with E-state index in [0.717, 1.165) is 10.6 Å². The van der Waals surface area contributed by atoms with Gasteiger partial charge in [-0.2, -0.15) is 0 Å². The number of ether oxygens (including phenoxy) is 1. The Morgan fingerprint density at radius 2 is 2.07 bits per heavy atom. The van der Waals surface area contributed by atoms with Gasteiger partial charge in [0.05, 0.1) is 18.0 Å². The molecule has 0 aliphatic carbocycles. The van der Waals surface area contributed by atoms with E-state index < -0.39 is 0 Å². The van der Waals surface area contributed by atoms with Gasteiger partial charge in [0, 0.05) is 30.0 Å². The van der Waals surface area contributed by atoms with E-state index in [-0.39, 0.29) is 18.4 Å². The molecule has 0 saturated carbocycles. The van der Waals surface area contributed by atoms with Crippen molar-refractivity contribution in [2.45, 2.75) is 25.2 Å². The van der Waals surface area contributed by atoms with Gasteiger partial charge in [-0.15, -0.1) is 23.1 Å². The van der Waals surface area contributed by atoms with Gasteiger partial charge in [0.25, 0.3) is 0 Å². The van der Waals surface area contributed by atoms with Gasteiger partial charge in [-0.1, -0.05) is 18.2 Å². The van der Waals surface area contributed by atoms with E-state index in [4.69, 9.17) is 4.74 Å². The predicted octanol–water partition coefficient (Wildman–Crippen LogP) is 3.44. The van der Waals surface area contributed by atoms with Crippen molar-refractivity contribution >= 4 is 40.0 Å². The topological polar surface area (TPSA) is 71.5 Å². The van der Waals surface area contributed by atoms with E-state index in [0.29, 0.717) is 37.1 Å². The number of nitrogens with one attached hydrogen (secondary N) is 1. The van der Waals surface area contributed by atoms with Crippen LogP contribution in [0.25, 0.3) is 0 Å². The van der Waals surface area contributed by atoms with Gasteiger partial charge in [0.2, 0.25) is 11.8 Å². The third kappa shape index (κ3) is 8.11. The SMILES string of the molecule is CCOCCCN(CC(=O)Nc1nc(C)cs1)C(=O)CSc1ccccc1. The van der Waals surface area contributed by atoms with Crippen molar-refractivity contribution in [1.29, 1.82) is 0 Å². The van der Waals surface area contributed by atoms with Crippen molar-refractivity contribution in [2.75, 3.05) is 37.4 Å². The Balaban J connectivity index is 1.89. The summed E-state index contributed by atoms with van der Waals surface area (Å²) >= 11 is 2.85. The van der Waals surface area contributed by atoms with E-state index >= 15 is 0 Å². The zero-order valence-electron chi connectivity index (χ0n) is 15.6. The van der Waals surface area contributed by atoms with Crippen LogP contribution in [-0.2, 0) is 14.3 Å². The molecule has 6 nitrogen and oxygen atoms in total. The zero-order chi connectivity index (χ0) is 19.5. The molecule has 2 rings (SSSR count). The Kier molecular flexibility index (Phi) is 9.30. The summed E-state index contributed by atoms with van der Waals surface area (Å²) in [4.78, 5) is 31.8. The number of thioether (sulfide) groups is 1. The zero-order valence-corrected chi connectivity index (χ0v) is 17.3. The van der Waals surface area contributed by atoms with Crippen molar-refractivity contribution < 1.29 is 14.3 Å². The van der Waals surface area contributed by atoms with Crippen molar-refractivity contribution in [3.63, 3.8) is 0 Å². The molecule has 27 heavy (non-hydrogen) atoms. The maximum Gasteiger partial charge on any atom is 0.245 e. The van der Waals surface area contributed by atoms with Crippen LogP contribution in [0.2, 0.25) is 0 Å². The monoisotopic (exact) mass is 407 g/mol. The highest BCUT2D eigenvalue weighted by Gasteiger charge is 2.18. The smallest absolute Gasteiger partial charge is 0.245 e. The van der Waals surface area contributed by atoms with Crippen molar-refractivity contribution in [3.05, 3.63) is 41.4 Å². The summed E-state index contributed by atoms with van der Waals surface area (Å²) in [5.41, 5.74) is 0.860. The van der Waals surface area contributed by atoms with E-state index in [2.05, 4.69) is 10.3 Å². The molecule has 0 aliphatic rings. The van der Waals surface area contributed by atoms with Crippen molar-refractivity contribution in [1.82, 2.24) is 9.88 Å². The number of rotatable bonds is 11. The molecule has 2 aromatic rings. The normalized spacial score (nSPS) is 10.6. The van der Waals surface area contributed by atoms with Crippen LogP contribution in [0.4, 0.5) is 5.13 Å². The second-order valence-electron chi connectivity index (χ2n) is 5.81. The van der Waals surface area contributed by atoms with Crippen molar-refractivity contribution in [2.24, 2.45) is 0 Å². The van der Waals surface area contributed by atoms with Crippen LogP contribution < -0.4 is 5.32 Å². The summed E-state index contributed by atoms with van der Waals surface area (Å²) < 4.78 is 5.34. The molecule has 2 amide bonds. The molecule has 0 aliphatic heterocycles. The number of carbonyl (C=O) groups is 2. The van der Waals surface area contributed by atoms with Crippen LogP contribution in [0.3, 0.4) is 0 Å². The first-order valence-electron chi connectivity index (χ1n) is 8.84.